The number of aromatic nitrogens is 2. The fraction of sp³-hybridized carbons (Fsp3) is 0.0833. The predicted octanol–water partition coefficient (Wildman–Crippen LogP) is 1.86. The van der Waals surface area contributed by atoms with Crippen LogP contribution < -0.4 is 5.73 Å². The smallest absolute Gasteiger partial charge is 0.159 e. The summed E-state index contributed by atoms with van der Waals surface area (Å²) in [6, 6.07) is 9.24. The Bertz CT molecular complexity index is 510. The van der Waals surface area contributed by atoms with E-state index in [1.54, 1.807) is 12.3 Å². The summed E-state index contributed by atoms with van der Waals surface area (Å²) in [5.74, 6) is 0. The maximum absolute atomic E-state index is 5.58. The van der Waals surface area contributed by atoms with Gasteiger partial charge in [-0.05, 0) is 24.3 Å². The Morgan fingerprint density at radius 2 is 2.12 bits per heavy atom. The Morgan fingerprint density at radius 3 is 2.82 bits per heavy atom. The number of oxime groups is 1. The van der Waals surface area contributed by atoms with Crippen LogP contribution in [0.1, 0.15) is 5.69 Å². The lowest BCUT2D eigenvalue weighted by atomic mass is 10.2. The van der Waals surface area contributed by atoms with Crippen LogP contribution in [0.3, 0.4) is 0 Å². The second-order valence-electron chi connectivity index (χ2n) is 3.39. The Kier molecular flexibility index (Phi) is 3.30. The fourth-order valence-corrected chi connectivity index (χ4v) is 1.37. The van der Waals surface area contributed by atoms with Crippen LogP contribution in [-0.4, -0.2) is 16.7 Å². The van der Waals surface area contributed by atoms with Crippen LogP contribution in [0.5, 0.6) is 0 Å². The third-order valence-electron chi connectivity index (χ3n) is 2.16. The van der Waals surface area contributed by atoms with Gasteiger partial charge in [0.2, 0.25) is 0 Å². The molecule has 5 heteroatoms. The predicted molar refractivity (Wildman–Crippen MR) is 66.2 cm³/mol. The molecule has 0 saturated carbocycles. The first-order chi connectivity index (χ1) is 8.29. The molecule has 2 N–H and O–H groups in total. The lowest BCUT2D eigenvalue weighted by Gasteiger charge is -2.03. The van der Waals surface area contributed by atoms with Crippen LogP contribution in [0.4, 0.5) is 5.69 Å². The summed E-state index contributed by atoms with van der Waals surface area (Å²) in [5.41, 5.74) is 8.52. The Morgan fingerprint density at radius 1 is 1.24 bits per heavy atom. The van der Waals surface area contributed by atoms with Crippen molar-refractivity contribution in [2.24, 2.45) is 5.16 Å². The molecule has 17 heavy (non-hydrogen) atoms. The van der Waals surface area contributed by atoms with Gasteiger partial charge < -0.3 is 10.6 Å². The highest BCUT2D eigenvalue weighted by Gasteiger charge is 2.02. The van der Waals surface area contributed by atoms with Crippen molar-refractivity contribution in [2.45, 2.75) is 6.61 Å². The highest BCUT2D eigenvalue weighted by Crippen LogP contribution is 2.15. The summed E-state index contributed by atoms with van der Waals surface area (Å²) < 4.78 is 0. The van der Waals surface area contributed by atoms with Gasteiger partial charge in [-0.2, -0.15) is 0 Å². The third-order valence-corrected chi connectivity index (χ3v) is 2.16. The lowest BCUT2D eigenvalue weighted by molar-refractivity contribution is 0.130. The second kappa shape index (κ2) is 5.07. The molecule has 0 amide bonds. The topological polar surface area (TPSA) is 73.4 Å². The van der Waals surface area contributed by atoms with Crippen LogP contribution >= 0.6 is 0 Å². The van der Waals surface area contributed by atoms with Crippen molar-refractivity contribution >= 4 is 12.4 Å². The summed E-state index contributed by atoms with van der Waals surface area (Å²) in [5, 5.41) is 3.32. The van der Waals surface area contributed by atoms with E-state index in [1.807, 2.05) is 24.3 Å². The van der Waals surface area contributed by atoms with E-state index in [9.17, 15) is 0 Å². The minimum absolute atomic E-state index is 0.298. The number of nitrogens with zero attached hydrogens (tertiary/aromatic N) is 3. The van der Waals surface area contributed by atoms with Gasteiger partial charge in [-0.25, -0.2) is 4.98 Å². The summed E-state index contributed by atoms with van der Waals surface area (Å²) in [7, 11) is 0. The molecular formula is C12H12N4O. The number of rotatable bonds is 4. The molecule has 0 aliphatic rings. The molecule has 0 fully saturated rings. The van der Waals surface area contributed by atoms with Crippen molar-refractivity contribution in [3.05, 3.63) is 42.2 Å². The number of nitrogens with two attached hydrogens (primary N) is 1. The van der Waals surface area contributed by atoms with Crippen LogP contribution in [0.25, 0.3) is 11.4 Å². The largest absolute Gasteiger partial charge is 0.397 e. The molecule has 0 saturated heterocycles. The first kappa shape index (κ1) is 11.1. The zero-order chi connectivity index (χ0) is 12.1. The van der Waals surface area contributed by atoms with E-state index in [-0.39, 0.29) is 0 Å². The van der Waals surface area contributed by atoms with E-state index >= 15 is 0 Å². The molecule has 0 unspecified atom stereocenters. The second-order valence-corrected chi connectivity index (χ2v) is 3.39. The van der Waals surface area contributed by atoms with Crippen molar-refractivity contribution in [1.29, 1.82) is 0 Å². The molecule has 0 bridgehead atoms. The maximum atomic E-state index is 5.58. The van der Waals surface area contributed by atoms with Gasteiger partial charge in [0.25, 0.3) is 0 Å². The Labute approximate surface area is 99.0 Å². The molecule has 0 atom stereocenters. The third kappa shape index (κ3) is 2.78. The summed E-state index contributed by atoms with van der Waals surface area (Å²) in [4.78, 5) is 13.4. The highest BCUT2D eigenvalue weighted by molar-refractivity contribution is 5.56. The van der Waals surface area contributed by atoms with Crippen molar-refractivity contribution in [3.8, 4) is 11.4 Å². The molecule has 2 rings (SSSR count). The molecular weight excluding hydrogens is 216 g/mol. The van der Waals surface area contributed by atoms with E-state index in [1.165, 1.54) is 0 Å². The van der Waals surface area contributed by atoms with Gasteiger partial charge in [-0.3, -0.25) is 4.98 Å². The highest BCUT2D eigenvalue weighted by atomic mass is 16.6. The van der Waals surface area contributed by atoms with E-state index in [4.69, 9.17) is 10.6 Å². The molecule has 0 radical (unpaired) electrons. The lowest BCUT2D eigenvalue weighted by Crippen LogP contribution is -1.95. The van der Waals surface area contributed by atoms with Crippen LogP contribution in [0.2, 0.25) is 0 Å². The zero-order valence-corrected chi connectivity index (χ0v) is 9.21. The van der Waals surface area contributed by atoms with Crippen molar-refractivity contribution in [2.75, 3.05) is 5.73 Å². The van der Waals surface area contributed by atoms with Gasteiger partial charge >= 0.3 is 0 Å². The van der Waals surface area contributed by atoms with Gasteiger partial charge in [0.1, 0.15) is 0 Å². The van der Waals surface area contributed by atoms with E-state index in [0.29, 0.717) is 12.3 Å². The molecule has 5 nitrogen and oxygen atoms in total. The number of hydrogen-bond donors (Lipinski definition) is 1. The zero-order valence-electron chi connectivity index (χ0n) is 9.21. The monoisotopic (exact) mass is 228 g/mol. The van der Waals surface area contributed by atoms with E-state index < -0.39 is 0 Å². The average Bonchev–Trinajstić information content (AvgIpc) is 2.37. The van der Waals surface area contributed by atoms with Gasteiger partial charge in [-0.1, -0.05) is 6.07 Å². The summed E-state index contributed by atoms with van der Waals surface area (Å²) in [6.45, 7) is 3.54. The van der Waals surface area contributed by atoms with Crippen LogP contribution in [0.15, 0.2) is 41.7 Å². The molecule has 2 aromatic heterocycles. The average molecular weight is 228 g/mol. The minimum atomic E-state index is 0.298. The number of nitrogen functional groups attached to an aromatic ring is 1. The Balaban J connectivity index is 2.26. The molecule has 2 heterocycles. The molecule has 0 aliphatic carbocycles. The molecule has 0 spiro atoms. The van der Waals surface area contributed by atoms with Gasteiger partial charge in [-0.15, -0.1) is 5.16 Å². The van der Waals surface area contributed by atoms with Crippen molar-refractivity contribution in [1.82, 2.24) is 9.97 Å². The Hall–Kier alpha value is -2.43. The number of hydrogen-bond acceptors (Lipinski definition) is 5. The van der Waals surface area contributed by atoms with Gasteiger partial charge in [0.15, 0.2) is 6.61 Å². The van der Waals surface area contributed by atoms with Crippen LogP contribution in [0, 0.1) is 0 Å². The SMILES string of the molecule is C=NOCc1cccc(-c2ccc(N)cn2)n1. The van der Waals surface area contributed by atoms with E-state index in [2.05, 4.69) is 21.8 Å². The standard InChI is InChI=1S/C12H12N4O/c1-14-17-8-10-3-2-4-12(16-10)11-6-5-9(13)7-15-11/h2-7H,1,8,13H2. The molecule has 2 aromatic rings. The quantitative estimate of drug-likeness (QED) is 0.640. The van der Waals surface area contributed by atoms with Gasteiger partial charge in [0.05, 0.1) is 29.0 Å². The number of anilines is 1. The van der Waals surface area contributed by atoms with Crippen molar-refractivity contribution in [3.63, 3.8) is 0 Å². The van der Waals surface area contributed by atoms with Crippen LogP contribution in [-0.2, 0) is 11.4 Å². The number of pyridine rings is 2. The first-order valence-corrected chi connectivity index (χ1v) is 5.05. The first-order valence-electron chi connectivity index (χ1n) is 5.05. The molecule has 0 aromatic carbocycles. The fourth-order valence-electron chi connectivity index (χ4n) is 1.37. The van der Waals surface area contributed by atoms with Crippen molar-refractivity contribution < 1.29 is 4.84 Å². The summed E-state index contributed by atoms with van der Waals surface area (Å²) >= 11 is 0. The summed E-state index contributed by atoms with van der Waals surface area (Å²) in [6.07, 6.45) is 1.60. The normalized spacial score (nSPS) is 9.88. The van der Waals surface area contributed by atoms with E-state index in [0.717, 1.165) is 17.1 Å². The van der Waals surface area contributed by atoms with Gasteiger partial charge in [0, 0.05) is 6.72 Å². The molecule has 86 valence electrons. The maximum Gasteiger partial charge on any atom is 0.159 e. The molecule has 0 aliphatic heterocycles. The minimum Gasteiger partial charge on any atom is -0.397 e.